The van der Waals surface area contributed by atoms with E-state index in [-0.39, 0.29) is 37.0 Å². The lowest BCUT2D eigenvalue weighted by Gasteiger charge is -2.21. The molecule has 0 aliphatic rings. The molecule has 0 aliphatic carbocycles. The lowest BCUT2D eigenvalue weighted by Crippen LogP contribution is -2.53. The molecule has 13 nitrogen and oxygen atoms in total. The molecule has 2 amide bonds. The quantitative estimate of drug-likeness (QED) is 0.121. The number of carbonyl (C=O) groups is 3. The minimum Gasteiger partial charge on any atom is -0.480 e. The summed E-state index contributed by atoms with van der Waals surface area (Å²) in [7, 11) is 0. The summed E-state index contributed by atoms with van der Waals surface area (Å²) < 4.78 is 4.93. The molecule has 29 heavy (non-hydrogen) atoms. The van der Waals surface area contributed by atoms with Crippen molar-refractivity contribution in [2.75, 3.05) is 13.1 Å². The van der Waals surface area contributed by atoms with Gasteiger partial charge in [0.15, 0.2) is 17.0 Å². The summed E-state index contributed by atoms with van der Waals surface area (Å²) >= 11 is 0. The van der Waals surface area contributed by atoms with E-state index in [1.807, 2.05) is 5.32 Å². The van der Waals surface area contributed by atoms with E-state index >= 15 is 0 Å². The van der Waals surface area contributed by atoms with Gasteiger partial charge in [0, 0.05) is 6.54 Å². The Labute approximate surface area is 165 Å². The Morgan fingerprint density at radius 1 is 1.28 bits per heavy atom. The fraction of sp³-hybridized carbons (Fsp3) is 0.375. The van der Waals surface area contributed by atoms with Crippen molar-refractivity contribution in [2.45, 2.75) is 25.5 Å². The third-order valence-electron chi connectivity index (χ3n) is 3.51. The van der Waals surface area contributed by atoms with E-state index in [0.29, 0.717) is 5.56 Å². The van der Waals surface area contributed by atoms with Gasteiger partial charge in [-0.05, 0) is 23.4 Å². The number of ether oxygens (including phenoxy) is 1. The number of carboxylic acids is 1. The van der Waals surface area contributed by atoms with Crippen LogP contribution in [-0.2, 0) is 20.9 Å². The summed E-state index contributed by atoms with van der Waals surface area (Å²) in [6.45, 7) is -0.967. The first kappa shape index (κ1) is 23.1. The molecule has 0 unspecified atom stereocenters. The maximum Gasteiger partial charge on any atom is 0.469 e. The van der Waals surface area contributed by atoms with Crippen LogP contribution in [0.2, 0.25) is 0 Å². The predicted octanol–water partition coefficient (Wildman–Crippen LogP) is -0.560. The van der Waals surface area contributed by atoms with Crippen molar-refractivity contribution in [2.24, 2.45) is 16.5 Å². The molecule has 158 valence electrons. The number of aliphatic imine (C=N–C) groups is 1. The van der Waals surface area contributed by atoms with Crippen LogP contribution in [0.25, 0.3) is 0 Å². The van der Waals surface area contributed by atoms with Crippen molar-refractivity contribution in [3.05, 3.63) is 46.0 Å². The van der Waals surface area contributed by atoms with Crippen LogP contribution in [-0.4, -0.2) is 58.2 Å². The lowest BCUT2D eigenvalue weighted by molar-refractivity contribution is -0.641. The highest BCUT2D eigenvalue weighted by atomic mass is 16.7. The number of hydrazine groups is 1. The molecule has 0 radical (unpaired) electrons. The van der Waals surface area contributed by atoms with Crippen LogP contribution in [0.5, 0.6) is 0 Å². The number of carbonyl (C=O) groups excluding carboxylic acids is 2. The van der Waals surface area contributed by atoms with E-state index in [9.17, 15) is 24.5 Å². The first-order valence-electron chi connectivity index (χ1n) is 8.41. The van der Waals surface area contributed by atoms with E-state index in [0.717, 1.165) is 0 Å². The summed E-state index contributed by atoms with van der Waals surface area (Å²) in [5.74, 6) is -2.58. The van der Waals surface area contributed by atoms with E-state index in [1.165, 1.54) is 0 Å². The van der Waals surface area contributed by atoms with Crippen LogP contribution >= 0.6 is 0 Å². The van der Waals surface area contributed by atoms with Gasteiger partial charge in [-0.1, -0.05) is 30.3 Å². The van der Waals surface area contributed by atoms with Crippen LogP contribution in [0.1, 0.15) is 18.4 Å². The van der Waals surface area contributed by atoms with Crippen molar-refractivity contribution >= 4 is 23.9 Å². The maximum atomic E-state index is 12.3. The largest absolute Gasteiger partial charge is 0.480 e. The molecule has 0 heterocycles. The molecule has 0 fully saturated rings. The first-order valence-corrected chi connectivity index (χ1v) is 8.41. The molecule has 0 bridgehead atoms. The Bertz CT molecular complexity index is 751. The van der Waals surface area contributed by atoms with Crippen molar-refractivity contribution in [3.8, 4) is 0 Å². The van der Waals surface area contributed by atoms with Crippen LogP contribution in [0.4, 0.5) is 4.79 Å². The van der Waals surface area contributed by atoms with Gasteiger partial charge < -0.3 is 26.6 Å². The molecular formula is C16H22N6O7. The molecule has 6 N–H and O–H groups in total. The highest BCUT2D eigenvalue weighted by Gasteiger charge is 2.40. The molecule has 1 rings (SSSR count). The molecule has 1 aromatic carbocycles. The molecule has 0 saturated heterocycles. The van der Waals surface area contributed by atoms with Gasteiger partial charge in [0.1, 0.15) is 13.2 Å². The van der Waals surface area contributed by atoms with Gasteiger partial charge in [-0.3, -0.25) is 14.6 Å². The van der Waals surface area contributed by atoms with Gasteiger partial charge in [-0.2, -0.15) is 0 Å². The topological polar surface area (TPSA) is 203 Å². The van der Waals surface area contributed by atoms with Crippen molar-refractivity contribution in [1.82, 2.24) is 10.3 Å². The van der Waals surface area contributed by atoms with Crippen molar-refractivity contribution < 1.29 is 29.3 Å². The van der Waals surface area contributed by atoms with Gasteiger partial charge in [-0.15, -0.1) is 0 Å². The Morgan fingerprint density at radius 2 is 1.93 bits per heavy atom. The number of nitro groups is 1. The number of aliphatic carboxylic acids is 1. The zero-order chi connectivity index (χ0) is 21.8. The molecular weight excluding hydrogens is 388 g/mol. The highest BCUT2D eigenvalue weighted by molar-refractivity contribution is 5.87. The smallest absolute Gasteiger partial charge is 0.469 e. The number of rotatable bonds is 11. The number of benzene rings is 1. The number of amides is 2. The van der Waals surface area contributed by atoms with Crippen molar-refractivity contribution in [3.63, 3.8) is 0 Å². The molecule has 0 spiro atoms. The molecule has 0 aliphatic heterocycles. The second kappa shape index (κ2) is 11.7. The molecule has 1 aromatic rings. The minimum absolute atomic E-state index is 0.0235. The number of carboxylic acid groups (broad SMARTS) is 1. The van der Waals surface area contributed by atoms with Crippen molar-refractivity contribution in [1.29, 1.82) is 0 Å². The monoisotopic (exact) mass is 410 g/mol. The predicted molar refractivity (Wildman–Crippen MR) is 99.8 cm³/mol. The summed E-state index contributed by atoms with van der Waals surface area (Å²) in [5, 5.41) is 21.1. The molecule has 0 aromatic heterocycles. The SMILES string of the molecule is NC(N)=NCCC[C@@H](C(=O)NCC(=O)O)N(C(=O)OCc1ccccc1)[N+](=O)[O-]. The third-order valence-corrected chi connectivity index (χ3v) is 3.51. The second-order valence-corrected chi connectivity index (χ2v) is 5.70. The number of nitrogens with one attached hydrogen (secondary N) is 1. The van der Waals surface area contributed by atoms with Gasteiger partial charge >= 0.3 is 12.1 Å². The molecule has 13 heteroatoms. The van der Waals surface area contributed by atoms with E-state index in [4.69, 9.17) is 21.3 Å². The zero-order valence-electron chi connectivity index (χ0n) is 15.4. The van der Waals surface area contributed by atoms with Gasteiger partial charge in [-0.25, -0.2) is 14.9 Å². The minimum atomic E-state index is -1.62. The fourth-order valence-electron chi connectivity index (χ4n) is 2.23. The van der Waals surface area contributed by atoms with Gasteiger partial charge in [0.05, 0.1) is 0 Å². The average molecular weight is 410 g/mol. The average Bonchev–Trinajstić information content (AvgIpc) is 2.66. The second-order valence-electron chi connectivity index (χ2n) is 5.70. The van der Waals surface area contributed by atoms with E-state index in [1.54, 1.807) is 30.3 Å². The molecule has 1 atom stereocenters. The Balaban J connectivity index is 2.91. The number of guanidine groups is 1. The van der Waals surface area contributed by atoms with Gasteiger partial charge in [0.25, 0.3) is 0 Å². The summed E-state index contributed by atoms with van der Waals surface area (Å²) in [4.78, 5) is 50.4. The lowest BCUT2D eigenvalue weighted by atomic mass is 10.1. The third kappa shape index (κ3) is 8.55. The number of nitrogens with two attached hydrogens (primary N) is 2. The first-order chi connectivity index (χ1) is 13.7. The van der Waals surface area contributed by atoms with Crippen LogP contribution in [0.15, 0.2) is 35.3 Å². The fourth-order valence-corrected chi connectivity index (χ4v) is 2.23. The number of hydrogen-bond donors (Lipinski definition) is 4. The Hall–Kier alpha value is -3.90. The standard InChI is InChI=1S/C16H22N6O7/c17-15(18)19-8-4-7-12(14(25)20-9-13(23)24)21(22(27)28)16(26)29-10-11-5-2-1-3-6-11/h1-3,5-6,12H,4,7-10H2,(H,20,25)(H,23,24)(H4,17,18,19)/t12-/m0/s1. The zero-order valence-corrected chi connectivity index (χ0v) is 15.4. The van der Waals surface area contributed by atoms with Crippen LogP contribution < -0.4 is 16.8 Å². The van der Waals surface area contributed by atoms with E-state index < -0.39 is 35.6 Å². The Morgan fingerprint density at radius 3 is 2.48 bits per heavy atom. The number of hydrogen-bond acceptors (Lipinski definition) is 7. The normalized spacial score (nSPS) is 11.0. The molecule has 0 saturated carbocycles. The summed E-state index contributed by atoms with van der Waals surface area (Å²) in [6, 6.07) is 6.81. The highest BCUT2D eigenvalue weighted by Crippen LogP contribution is 2.12. The van der Waals surface area contributed by atoms with Crippen LogP contribution in [0.3, 0.4) is 0 Å². The summed E-state index contributed by atoms with van der Waals surface area (Å²) in [5.41, 5.74) is 11.0. The van der Waals surface area contributed by atoms with E-state index in [2.05, 4.69) is 4.99 Å². The number of nitrogens with zero attached hydrogens (tertiary/aromatic N) is 3. The Kier molecular flexibility index (Phi) is 9.37. The van der Waals surface area contributed by atoms with Crippen LogP contribution in [0, 0.1) is 10.1 Å². The maximum absolute atomic E-state index is 12.3. The summed E-state index contributed by atoms with van der Waals surface area (Å²) in [6.07, 6.45) is -1.46. The van der Waals surface area contributed by atoms with Gasteiger partial charge in [0.2, 0.25) is 5.91 Å².